The van der Waals surface area contributed by atoms with Gasteiger partial charge in [-0.1, -0.05) is 24.3 Å². The maximum Gasteiger partial charge on any atom is 0.144 e. The van der Waals surface area contributed by atoms with Crippen LogP contribution in [0.5, 0.6) is 0 Å². The minimum Gasteiger partial charge on any atom is -0.256 e. The molecule has 0 fully saturated rings. The Morgan fingerprint density at radius 1 is 1.22 bits per heavy atom. The molecule has 1 heterocycles. The predicted molar refractivity (Wildman–Crippen MR) is 77.2 cm³/mol. The molecule has 2 rings (SSSR count). The van der Waals surface area contributed by atoms with E-state index in [1.807, 2.05) is 51.1 Å². The molecule has 1 atom stereocenters. The molecule has 0 radical (unpaired) electrons. The molecule has 0 aliphatic rings. The van der Waals surface area contributed by atoms with Gasteiger partial charge in [-0.2, -0.15) is 4.40 Å². The zero-order valence-corrected chi connectivity index (χ0v) is 11.6. The van der Waals surface area contributed by atoms with E-state index in [0.717, 1.165) is 16.5 Å². The van der Waals surface area contributed by atoms with Crippen molar-refractivity contribution in [3.8, 4) is 0 Å². The summed E-state index contributed by atoms with van der Waals surface area (Å²) in [6.45, 7) is 5.71. The summed E-state index contributed by atoms with van der Waals surface area (Å²) in [5.74, 6) is 0. The Morgan fingerprint density at radius 3 is 2.67 bits per heavy atom. The SMILES string of the molecule is CC(C)(C)[S@@](=O)/N=C/c1cccc2cccnc12. The first kappa shape index (κ1) is 12.9. The lowest BCUT2D eigenvalue weighted by molar-refractivity contribution is 0.651. The Kier molecular flexibility index (Phi) is 3.57. The van der Waals surface area contributed by atoms with Gasteiger partial charge in [0.1, 0.15) is 11.0 Å². The molecular weight excluding hydrogens is 244 g/mol. The van der Waals surface area contributed by atoms with Crippen LogP contribution in [-0.2, 0) is 11.0 Å². The van der Waals surface area contributed by atoms with Gasteiger partial charge >= 0.3 is 0 Å². The first-order valence-corrected chi connectivity index (χ1v) is 6.89. The van der Waals surface area contributed by atoms with Crippen molar-refractivity contribution in [1.29, 1.82) is 0 Å². The van der Waals surface area contributed by atoms with E-state index in [0.29, 0.717) is 0 Å². The predicted octanol–water partition coefficient (Wildman–Crippen LogP) is 3.12. The molecule has 0 amide bonds. The fraction of sp³-hybridized carbons (Fsp3) is 0.286. The maximum absolute atomic E-state index is 11.9. The van der Waals surface area contributed by atoms with Crippen LogP contribution in [0.25, 0.3) is 10.9 Å². The maximum atomic E-state index is 11.9. The quantitative estimate of drug-likeness (QED) is 0.779. The lowest BCUT2D eigenvalue weighted by Gasteiger charge is -2.12. The highest BCUT2D eigenvalue weighted by molar-refractivity contribution is 7.85. The average molecular weight is 260 g/mol. The van der Waals surface area contributed by atoms with Crippen LogP contribution in [0, 0.1) is 0 Å². The third-order valence-corrected chi connectivity index (χ3v) is 3.82. The van der Waals surface area contributed by atoms with Crippen LogP contribution in [0.2, 0.25) is 0 Å². The Balaban J connectivity index is 2.38. The normalized spacial score (nSPS) is 14.2. The minimum absolute atomic E-state index is 0.339. The molecule has 2 aromatic rings. The van der Waals surface area contributed by atoms with Crippen molar-refractivity contribution in [3.63, 3.8) is 0 Å². The second-order valence-electron chi connectivity index (χ2n) is 5.02. The number of aromatic nitrogens is 1. The fourth-order valence-corrected chi connectivity index (χ4v) is 2.02. The third-order valence-electron chi connectivity index (χ3n) is 2.48. The molecule has 0 aliphatic heterocycles. The van der Waals surface area contributed by atoms with Gasteiger partial charge < -0.3 is 0 Å². The topological polar surface area (TPSA) is 42.3 Å². The number of rotatable bonds is 2. The van der Waals surface area contributed by atoms with Crippen LogP contribution in [0.4, 0.5) is 0 Å². The number of hydrogen-bond donors (Lipinski definition) is 0. The van der Waals surface area contributed by atoms with E-state index in [1.54, 1.807) is 12.4 Å². The summed E-state index contributed by atoms with van der Waals surface area (Å²) in [5, 5.41) is 1.06. The number of pyridine rings is 1. The Hall–Kier alpha value is -1.55. The first-order chi connectivity index (χ1) is 8.48. The molecule has 18 heavy (non-hydrogen) atoms. The second-order valence-corrected chi connectivity index (χ2v) is 6.95. The first-order valence-electron chi connectivity index (χ1n) is 5.78. The molecule has 1 aromatic carbocycles. The van der Waals surface area contributed by atoms with Crippen molar-refractivity contribution in [1.82, 2.24) is 4.98 Å². The van der Waals surface area contributed by atoms with Gasteiger partial charge in [0.15, 0.2) is 0 Å². The van der Waals surface area contributed by atoms with Crippen molar-refractivity contribution in [2.45, 2.75) is 25.5 Å². The molecule has 0 unspecified atom stereocenters. The van der Waals surface area contributed by atoms with Crippen LogP contribution in [-0.4, -0.2) is 20.2 Å². The third kappa shape index (κ3) is 2.82. The van der Waals surface area contributed by atoms with Crippen LogP contribution < -0.4 is 0 Å². The van der Waals surface area contributed by atoms with E-state index in [2.05, 4.69) is 9.38 Å². The molecule has 0 saturated heterocycles. The molecule has 0 aliphatic carbocycles. The van der Waals surface area contributed by atoms with Gasteiger partial charge in [0.25, 0.3) is 0 Å². The van der Waals surface area contributed by atoms with Crippen molar-refractivity contribution >= 4 is 28.1 Å². The summed E-state index contributed by atoms with van der Waals surface area (Å²) in [6.07, 6.45) is 3.40. The number of nitrogens with zero attached hydrogens (tertiary/aromatic N) is 2. The van der Waals surface area contributed by atoms with Crippen molar-refractivity contribution in [2.75, 3.05) is 0 Å². The van der Waals surface area contributed by atoms with E-state index in [1.165, 1.54) is 0 Å². The molecule has 0 spiro atoms. The standard InChI is InChI=1S/C14H16N2OS/c1-14(2,3)18(17)16-10-12-7-4-6-11-8-5-9-15-13(11)12/h4-10H,1-3H3/b16-10+/t18-/m1/s1. The molecular formula is C14H16N2OS. The molecule has 0 N–H and O–H groups in total. The summed E-state index contributed by atoms with van der Waals surface area (Å²) in [4.78, 5) is 4.33. The summed E-state index contributed by atoms with van der Waals surface area (Å²) in [5.41, 5.74) is 1.78. The Morgan fingerprint density at radius 2 is 1.94 bits per heavy atom. The van der Waals surface area contributed by atoms with Gasteiger partial charge in [0.2, 0.25) is 0 Å². The zero-order valence-electron chi connectivity index (χ0n) is 10.8. The highest BCUT2D eigenvalue weighted by atomic mass is 32.2. The summed E-state index contributed by atoms with van der Waals surface area (Å²) < 4.78 is 15.7. The summed E-state index contributed by atoms with van der Waals surface area (Å²) >= 11 is 0. The fourth-order valence-electron chi connectivity index (χ4n) is 1.49. The smallest absolute Gasteiger partial charge is 0.144 e. The van der Waals surface area contributed by atoms with Gasteiger partial charge in [0, 0.05) is 23.4 Å². The average Bonchev–Trinajstić information content (AvgIpc) is 2.34. The van der Waals surface area contributed by atoms with E-state index >= 15 is 0 Å². The molecule has 94 valence electrons. The molecule has 1 aromatic heterocycles. The van der Waals surface area contributed by atoms with Crippen LogP contribution in [0.3, 0.4) is 0 Å². The van der Waals surface area contributed by atoms with Gasteiger partial charge in [0.05, 0.1) is 10.3 Å². The van der Waals surface area contributed by atoms with Gasteiger partial charge in [-0.15, -0.1) is 0 Å². The number of benzene rings is 1. The van der Waals surface area contributed by atoms with E-state index in [9.17, 15) is 4.21 Å². The van der Waals surface area contributed by atoms with Gasteiger partial charge in [-0.05, 0) is 26.8 Å². The van der Waals surface area contributed by atoms with Gasteiger partial charge in [-0.3, -0.25) is 4.98 Å². The van der Waals surface area contributed by atoms with Crippen molar-refractivity contribution < 1.29 is 4.21 Å². The van der Waals surface area contributed by atoms with Gasteiger partial charge in [-0.25, -0.2) is 4.21 Å². The Bertz CT molecular complexity index is 609. The Labute approximate surface area is 110 Å². The highest BCUT2D eigenvalue weighted by Crippen LogP contribution is 2.16. The largest absolute Gasteiger partial charge is 0.256 e. The van der Waals surface area contributed by atoms with Crippen molar-refractivity contribution in [3.05, 3.63) is 42.1 Å². The highest BCUT2D eigenvalue weighted by Gasteiger charge is 2.18. The number of fused-ring (bicyclic) bond motifs is 1. The van der Waals surface area contributed by atoms with Crippen LogP contribution >= 0.6 is 0 Å². The van der Waals surface area contributed by atoms with E-state index in [4.69, 9.17) is 0 Å². The lowest BCUT2D eigenvalue weighted by atomic mass is 10.1. The zero-order chi connectivity index (χ0) is 13.2. The number of hydrogen-bond acceptors (Lipinski definition) is 2. The van der Waals surface area contributed by atoms with E-state index in [-0.39, 0.29) is 4.75 Å². The molecule has 0 bridgehead atoms. The second kappa shape index (κ2) is 4.98. The van der Waals surface area contributed by atoms with Crippen molar-refractivity contribution in [2.24, 2.45) is 4.40 Å². The molecule has 3 nitrogen and oxygen atoms in total. The van der Waals surface area contributed by atoms with E-state index < -0.39 is 11.0 Å². The minimum atomic E-state index is -1.24. The molecule has 0 saturated carbocycles. The monoisotopic (exact) mass is 260 g/mol. The van der Waals surface area contributed by atoms with Crippen LogP contribution in [0.15, 0.2) is 40.9 Å². The lowest BCUT2D eigenvalue weighted by Crippen LogP contribution is -2.19. The molecule has 4 heteroatoms. The summed E-state index contributed by atoms with van der Waals surface area (Å²) in [6, 6.07) is 9.78. The number of para-hydroxylation sites is 1. The summed E-state index contributed by atoms with van der Waals surface area (Å²) in [7, 11) is -1.24. The van der Waals surface area contributed by atoms with Crippen LogP contribution in [0.1, 0.15) is 26.3 Å².